The van der Waals surface area contributed by atoms with Crippen LogP contribution in [0.15, 0.2) is 0 Å². The van der Waals surface area contributed by atoms with Crippen LogP contribution in [0.25, 0.3) is 0 Å². The molecule has 0 aromatic heterocycles. The van der Waals surface area contributed by atoms with E-state index >= 15 is 0 Å². The molecule has 2 fully saturated rings. The van der Waals surface area contributed by atoms with Crippen molar-refractivity contribution in [2.45, 2.75) is 58.5 Å². The zero-order valence-corrected chi connectivity index (χ0v) is 13.8. The van der Waals surface area contributed by atoms with E-state index in [0.717, 1.165) is 38.6 Å². The molecule has 122 valence electrons. The molecule has 0 aromatic carbocycles. The molecule has 21 heavy (non-hydrogen) atoms. The summed E-state index contributed by atoms with van der Waals surface area (Å²) in [5.74, 6) is 1.68. The Morgan fingerprint density at radius 2 is 2.10 bits per heavy atom. The summed E-state index contributed by atoms with van der Waals surface area (Å²) in [5.41, 5.74) is 0. The summed E-state index contributed by atoms with van der Waals surface area (Å²) < 4.78 is 5.76. The van der Waals surface area contributed by atoms with Gasteiger partial charge in [0.1, 0.15) is 0 Å². The van der Waals surface area contributed by atoms with E-state index in [1.807, 2.05) is 0 Å². The summed E-state index contributed by atoms with van der Waals surface area (Å²) in [6, 6.07) is 0. The molecule has 2 aliphatic rings. The van der Waals surface area contributed by atoms with E-state index in [4.69, 9.17) is 4.74 Å². The molecule has 0 aromatic rings. The Kier molecular flexibility index (Phi) is 6.97. The van der Waals surface area contributed by atoms with Gasteiger partial charge in [-0.15, -0.1) is 0 Å². The fraction of sp³-hybridized carbons (Fsp3) is 0.941. The lowest BCUT2D eigenvalue weighted by atomic mass is 10.0. The van der Waals surface area contributed by atoms with Gasteiger partial charge in [0.15, 0.2) is 0 Å². The van der Waals surface area contributed by atoms with Crippen LogP contribution in [0.4, 0.5) is 0 Å². The molecule has 4 heteroatoms. The molecule has 0 radical (unpaired) electrons. The number of morpholine rings is 1. The number of amides is 1. The second-order valence-corrected chi connectivity index (χ2v) is 7.14. The molecule has 0 bridgehead atoms. The molecule has 1 unspecified atom stereocenters. The predicted octanol–water partition coefficient (Wildman–Crippen LogP) is 2.43. The van der Waals surface area contributed by atoms with Gasteiger partial charge in [-0.25, -0.2) is 0 Å². The summed E-state index contributed by atoms with van der Waals surface area (Å²) in [6.07, 6.45) is 7.27. The third-order valence-electron chi connectivity index (χ3n) is 4.63. The molecule has 1 amide bonds. The van der Waals surface area contributed by atoms with Gasteiger partial charge in [0.2, 0.25) is 5.91 Å². The quantitative estimate of drug-likeness (QED) is 0.784. The van der Waals surface area contributed by atoms with Gasteiger partial charge in [-0.2, -0.15) is 0 Å². The number of ether oxygens (including phenoxy) is 1. The Morgan fingerprint density at radius 1 is 1.33 bits per heavy atom. The average Bonchev–Trinajstić information content (AvgIpc) is 2.96. The van der Waals surface area contributed by atoms with Gasteiger partial charge in [0, 0.05) is 32.6 Å². The molecular formula is C17H32N2O2. The van der Waals surface area contributed by atoms with Crippen molar-refractivity contribution in [3.63, 3.8) is 0 Å². The Bertz CT molecular complexity index is 314. The molecular weight excluding hydrogens is 264 g/mol. The smallest absolute Gasteiger partial charge is 0.220 e. The van der Waals surface area contributed by atoms with Crippen LogP contribution in [0.5, 0.6) is 0 Å². The van der Waals surface area contributed by atoms with Crippen molar-refractivity contribution >= 4 is 5.91 Å². The number of rotatable bonds is 7. The number of nitrogens with zero attached hydrogens (tertiary/aromatic N) is 1. The maximum Gasteiger partial charge on any atom is 0.220 e. The molecule has 1 atom stereocenters. The molecule has 1 saturated heterocycles. The zero-order chi connectivity index (χ0) is 15.1. The fourth-order valence-corrected chi connectivity index (χ4v) is 3.54. The molecule has 4 nitrogen and oxygen atoms in total. The summed E-state index contributed by atoms with van der Waals surface area (Å²) in [4.78, 5) is 14.4. The zero-order valence-electron chi connectivity index (χ0n) is 13.8. The summed E-state index contributed by atoms with van der Waals surface area (Å²) in [6.45, 7) is 9.03. The maximum atomic E-state index is 11.9. The van der Waals surface area contributed by atoms with E-state index in [0.29, 0.717) is 18.9 Å². The van der Waals surface area contributed by atoms with Crippen LogP contribution < -0.4 is 5.32 Å². The lowest BCUT2D eigenvalue weighted by Crippen LogP contribution is -2.48. The average molecular weight is 296 g/mol. The van der Waals surface area contributed by atoms with Crippen molar-refractivity contribution in [3.05, 3.63) is 0 Å². The van der Waals surface area contributed by atoms with E-state index in [2.05, 4.69) is 24.1 Å². The topological polar surface area (TPSA) is 41.6 Å². The number of carbonyl (C=O) groups is 1. The van der Waals surface area contributed by atoms with Gasteiger partial charge in [0.05, 0.1) is 12.7 Å². The van der Waals surface area contributed by atoms with Crippen LogP contribution in [0.2, 0.25) is 0 Å². The van der Waals surface area contributed by atoms with E-state index in [1.54, 1.807) is 0 Å². The van der Waals surface area contributed by atoms with Gasteiger partial charge in [-0.1, -0.05) is 39.5 Å². The predicted molar refractivity (Wildman–Crippen MR) is 85.2 cm³/mol. The molecule has 1 aliphatic heterocycles. The van der Waals surface area contributed by atoms with Crippen LogP contribution in [0.1, 0.15) is 52.4 Å². The van der Waals surface area contributed by atoms with Crippen LogP contribution >= 0.6 is 0 Å². The van der Waals surface area contributed by atoms with Gasteiger partial charge in [-0.05, 0) is 18.3 Å². The number of carbonyl (C=O) groups excluding carboxylic acids is 1. The molecule has 1 aliphatic carbocycles. The van der Waals surface area contributed by atoms with Gasteiger partial charge in [0.25, 0.3) is 0 Å². The van der Waals surface area contributed by atoms with E-state index in [1.165, 1.54) is 25.7 Å². The highest BCUT2D eigenvalue weighted by molar-refractivity contribution is 5.75. The van der Waals surface area contributed by atoms with Gasteiger partial charge < -0.3 is 10.1 Å². The second-order valence-electron chi connectivity index (χ2n) is 7.14. The fourth-order valence-electron chi connectivity index (χ4n) is 3.54. The molecule has 2 rings (SSSR count). The second kappa shape index (κ2) is 8.74. The Morgan fingerprint density at radius 3 is 2.81 bits per heavy atom. The highest BCUT2D eigenvalue weighted by Crippen LogP contribution is 2.28. The standard InChI is InChI=1S/C17H32N2O2/c1-14(2)12-19-9-10-21-16(13-19)11-18-17(20)8-7-15-5-3-4-6-15/h14-16H,3-13H2,1-2H3,(H,18,20). The lowest BCUT2D eigenvalue weighted by molar-refractivity contribution is -0.122. The highest BCUT2D eigenvalue weighted by atomic mass is 16.5. The Hall–Kier alpha value is -0.610. The molecule has 0 spiro atoms. The van der Waals surface area contributed by atoms with Gasteiger partial charge >= 0.3 is 0 Å². The van der Waals surface area contributed by atoms with Crippen molar-refractivity contribution in [2.75, 3.05) is 32.8 Å². The number of hydrogen-bond acceptors (Lipinski definition) is 3. The minimum atomic E-state index is 0.160. The van der Waals surface area contributed by atoms with Crippen LogP contribution in [0, 0.1) is 11.8 Å². The van der Waals surface area contributed by atoms with Crippen molar-refractivity contribution < 1.29 is 9.53 Å². The van der Waals surface area contributed by atoms with Gasteiger partial charge in [-0.3, -0.25) is 9.69 Å². The summed E-state index contributed by atoms with van der Waals surface area (Å²) in [5, 5.41) is 3.06. The Labute approximate surface area is 129 Å². The van der Waals surface area contributed by atoms with E-state index < -0.39 is 0 Å². The Balaban J connectivity index is 1.59. The van der Waals surface area contributed by atoms with Crippen LogP contribution in [-0.4, -0.2) is 49.7 Å². The van der Waals surface area contributed by atoms with E-state index in [-0.39, 0.29) is 12.0 Å². The third kappa shape index (κ3) is 6.35. The molecule has 1 heterocycles. The largest absolute Gasteiger partial charge is 0.374 e. The summed E-state index contributed by atoms with van der Waals surface area (Å²) in [7, 11) is 0. The number of hydrogen-bond donors (Lipinski definition) is 1. The monoisotopic (exact) mass is 296 g/mol. The van der Waals surface area contributed by atoms with Crippen LogP contribution in [-0.2, 0) is 9.53 Å². The molecule has 1 saturated carbocycles. The van der Waals surface area contributed by atoms with Crippen molar-refractivity contribution in [1.29, 1.82) is 0 Å². The maximum absolute atomic E-state index is 11.9. The SMILES string of the molecule is CC(C)CN1CCOC(CNC(=O)CCC2CCCC2)C1. The first-order valence-electron chi connectivity index (χ1n) is 8.74. The first-order valence-corrected chi connectivity index (χ1v) is 8.74. The number of nitrogens with one attached hydrogen (secondary N) is 1. The minimum Gasteiger partial charge on any atom is -0.374 e. The lowest BCUT2D eigenvalue weighted by Gasteiger charge is -2.34. The first-order chi connectivity index (χ1) is 10.1. The summed E-state index contributed by atoms with van der Waals surface area (Å²) >= 11 is 0. The molecule has 1 N–H and O–H groups in total. The minimum absolute atomic E-state index is 0.160. The first kappa shape index (κ1) is 16.8. The van der Waals surface area contributed by atoms with Crippen molar-refractivity contribution in [1.82, 2.24) is 10.2 Å². The van der Waals surface area contributed by atoms with Crippen molar-refractivity contribution in [2.24, 2.45) is 11.8 Å². The highest BCUT2D eigenvalue weighted by Gasteiger charge is 2.22. The normalized spacial score (nSPS) is 24.6. The third-order valence-corrected chi connectivity index (χ3v) is 4.63. The van der Waals surface area contributed by atoms with E-state index in [9.17, 15) is 4.79 Å². The van der Waals surface area contributed by atoms with Crippen molar-refractivity contribution in [3.8, 4) is 0 Å². The van der Waals surface area contributed by atoms with Crippen LogP contribution in [0.3, 0.4) is 0 Å².